The van der Waals surface area contributed by atoms with Gasteiger partial charge in [0.15, 0.2) is 0 Å². The van der Waals surface area contributed by atoms with Gasteiger partial charge in [0.05, 0.1) is 25.9 Å². The molecule has 0 amide bonds. The Bertz CT molecular complexity index is 359. The lowest BCUT2D eigenvalue weighted by molar-refractivity contribution is -0.340. The Hall–Kier alpha value is -0.680. The fourth-order valence-electron chi connectivity index (χ4n) is 1.52. The highest BCUT2D eigenvalue weighted by atomic mass is 19.4. The molecule has 0 aromatic carbocycles. The van der Waals surface area contributed by atoms with Crippen LogP contribution in [0, 0.1) is 0 Å². The summed E-state index contributed by atoms with van der Waals surface area (Å²) in [4.78, 5) is 0. The van der Waals surface area contributed by atoms with Crippen molar-refractivity contribution in [1.29, 1.82) is 0 Å². The molecule has 0 aliphatic carbocycles. The van der Waals surface area contributed by atoms with Crippen LogP contribution in [-0.2, 0) is 9.47 Å². The maximum absolute atomic E-state index is 13.2. The van der Waals surface area contributed by atoms with Gasteiger partial charge in [-0.05, 0) is 6.42 Å². The van der Waals surface area contributed by atoms with Gasteiger partial charge < -0.3 is 14.6 Å². The van der Waals surface area contributed by atoms with Crippen LogP contribution in [0.2, 0.25) is 0 Å². The van der Waals surface area contributed by atoms with E-state index in [2.05, 4.69) is 0 Å². The van der Waals surface area contributed by atoms with Crippen molar-refractivity contribution in [1.82, 2.24) is 0 Å². The zero-order valence-electron chi connectivity index (χ0n) is 11.1. The van der Waals surface area contributed by atoms with Crippen molar-refractivity contribution < 1.29 is 49.7 Å². The van der Waals surface area contributed by atoms with Crippen LogP contribution in [-0.4, -0.2) is 61.3 Å². The predicted molar refractivity (Wildman–Crippen MR) is 56.6 cm³/mol. The molecule has 1 aliphatic rings. The van der Waals surface area contributed by atoms with Gasteiger partial charge in [-0.25, -0.2) is 8.78 Å². The van der Waals surface area contributed by atoms with E-state index in [1.54, 1.807) is 0 Å². The number of hydrogen-bond donors (Lipinski definition) is 1. The van der Waals surface area contributed by atoms with E-state index >= 15 is 0 Å². The molecule has 0 aromatic rings. The van der Waals surface area contributed by atoms with E-state index in [-0.39, 0.29) is 12.7 Å². The second-order valence-corrected chi connectivity index (χ2v) is 4.83. The third kappa shape index (κ3) is 4.19. The summed E-state index contributed by atoms with van der Waals surface area (Å²) in [6, 6.07) is 0. The quantitative estimate of drug-likeness (QED) is 0.489. The minimum absolute atomic E-state index is 0.0830. The number of rotatable bonds is 10. The Morgan fingerprint density at radius 2 is 1.68 bits per heavy atom. The van der Waals surface area contributed by atoms with Crippen molar-refractivity contribution in [3.05, 3.63) is 0 Å². The van der Waals surface area contributed by atoms with Gasteiger partial charge in [0.1, 0.15) is 6.10 Å². The minimum atomic E-state index is -6.23. The molecule has 1 fully saturated rings. The first-order valence-electron chi connectivity index (χ1n) is 6.21. The Morgan fingerprint density at radius 3 is 2.09 bits per heavy atom. The average molecular weight is 346 g/mol. The molecule has 1 saturated heterocycles. The lowest BCUT2D eigenvalue weighted by atomic mass is 9.98. The summed E-state index contributed by atoms with van der Waals surface area (Å²) in [5.74, 6) is -17.8. The molecule has 2 atom stereocenters. The molecular formula is C11H14F8O3. The number of aliphatic hydroxyl groups is 1. The Kier molecular flexibility index (Phi) is 6.01. The van der Waals surface area contributed by atoms with Crippen LogP contribution in [0.5, 0.6) is 0 Å². The number of epoxide rings is 1. The van der Waals surface area contributed by atoms with Gasteiger partial charge in [-0.3, -0.25) is 0 Å². The number of halogens is 8. The zero-order valence-corrected chi connectivity index (χ0v) is 11.1. The van der Waals surface area contributed by atoms with E-state index in [0.29, 0.717) is 6.61 Å². The third-order valence-corrected chi connectivity index (χ3v) is 3.06. The lowest BCUT2D eigenvalue weighted by Gasteiger charge is -2.32. The summed E-state index contributed by atoms with van der Waals surface area (Å²) >= 11 is 0. The molecule has 2 unspecified atom stereocenters. The van der Waals surface area contributed by atoms with Gasteiger partial charge in [0.2, 0.25) is 0 Å². The Labute approximate surface area is 120 Å². The number of alkyl halides is 8. The van der Waals surface area contributed by atoms with Crippen molar-refractivity contribution in [2.75, 3.05) is 19.8 Å². The molecule has 0 aromatic heterocycles. The van der Waals surface area contributed by atoms with Gasteiger partial charge in [-0.1, -0.05) is 0 Å². The van der Waals surface area contributed by atoms with Gasteiger partial charge in [-0.15, -0.1) is 0 Å². The summed E-state index contributed by atoms with van der Waals surface area (Å²) in [6.07, 6.45) is -9.31. The first kappa shape index (κ1) is 19.4. The molecule has 1 rings (SSSR count). The van der Waals surface area contributed by atoms with Crippen molar-refractivity contribution >= 4 is 0 Å². The predicted octanol–water partition coefficient (Wildman–Crippen LogP) is 2.71. The fraction of sp³-hybridized carbons (Fsp3) is 1.00. The molecule has 22 heavy (non-hydrogen) atoms. The van der Waals surface area contributed by atoms with Gasteiger partial charge >= 0.3 is 24.2 Å². The van der Waals surface area contributed by atoms with E-state index in [4.69, 9.17) is 14.6 Å². The van der Waals surface area contributed by atoms with Crippen LogP contribution in [0.25, 0.3) is 0 Å². The van der Waals surface area contributed by atoms with Crippen LogP contribution in [0.15, 0.2) is 0 Å². The topological polar surface area (TPSA) is 42.0 Å². The Balaban J connectivity index is 2.63. The van der Waals surface area contributed by atoms with Crippen molar-refractivity contribution in [2.24, 2.45) is 0 Å². The summed E-state index contributed by atoms with van der Waals surface area (Å²) in [5, 5.41) is 8.84. The normalized spacial score (nSPS) is 21.3. The monoisotopic (exact) mass is 346 g/mol. The first-order valence-corrected chi connectivity index (χ1v) is 6.21. The van der Waals surface area contributed by atoms with Crippen molar-refractivity contribution in [3.63, 3.8) is 0 Å². The largest absolute Gasteiger partial charge is 0.394 e. The van der Waals surface area contributed by atoms with E-state index in [9.17, 15) is 35.1 Å². The second-order valence-electron chi connectivity index (χ2n) is 4.83. The average Bonchev–Trinajstić information content (AvgIpc) is 3.22. The molecule has 1 N–H and O–H groups in total. The lowest BCUT2D eigenvalue weighted by Crippen LogP contribution is -2.57. The van der Waals surface area contributed by atoms with E-state index in [1.807, 2.05) is 0 Å². The fourth-order valence-corrected chi connectivity index (χ4v) is 1.52. The second kappa shape index (κ2) is 6.83. The van der Waals surface area contributed by atoms with E-state index in [0.717, 1.165) is 0 Å². The molecule has 132 valence electrons. The third-order valence-electron chi connectivity index (χ3n) is 3.06. The van der Waals surface area contributed by atoms with Crippen molar-refractivity contribution in [2.45, 2.75) is 49.2 Å². The molecular weight excluding hydrogens is 332 g/mol. The molecule has 1 heterocycles. The maximum Gasteiger partial charge on any atom is 0.377 e. The van der Waals surface area contributed by atoms with Gasteiger partial charge in [-0.2, -0.15) is 26.3 Å². The van der Waals surface area contributed by atoms with Crippen LogP contribution in [0.1, 0.15) is 12.8 Å². The highest BCUT2D eigenvalue weighted by Gasteiger charge is 2.74. The summed E-state index contributed by atoms with van der Waals surface area (Å²) < 4.78 is 111. The summed E-state index contributed by atoms with van der Waals surface area (Å²) in [7, 11) is 0. The standard InChI is InChI=1S/C11H14F8O3/c12-8(13)10(16,17)11(18,19)9(14,15)2-1-6(3-20)21-4-7-5-22-7/h6-8,20H,1-5H2. The highest BCUT2D eigenvalue weighted by Crippen LogP contribution is 2.50. The maximum atomic E-state index is 13.2. The number of hydrogen-bond acceptors (Lipinski definition) is 3. The number of aliphatic hydroxyl groups excluding tert-OH is 1. The van der Waals surface area contributed by atoms with Crippen molar-refractivity contribution in [3.8, 4) is 0 Å². The highest BCUT2D eigenvalue weighted by molar-refractivity contribution is 4.98. The Morgan fingerprint density at radius 1 is 1.14 bits per heavy atom. The molecule has 0 radical (unpaired) electrons. The first-order chi connectivity index (χ1) is 9.95. The van der Waals surface area contributed by atoms with Crippen LogP contribution in [0.4, 0.5) is 35.1 Å². The molecule has 0 spiro atoms. The minimum Gasteiger partial charge on any atom is -0.394 e. The molecule has 11 heteroatoms. The van der Waals surface area contributed by atoms with Crippen LogP contribution in [0.3, 0.4) is 0 Å². The van der Waals surface area contributed by atoms with Gasteiger partial charge in [0.25, 0.3) is 0 Å². The van der Waals surface area contributed by atoms with Crippen LogP contribution >= 0.6 is 0 Å². The zero-order chi connectivity index (χ0) is 17.2. The molecule has 3 nitrogen and oxygen atoms in total. The number of ether oxygens (including phenoxy) is 2. The molecule has 0 bridgehead atoms. The molecule has 1 aliphatic heterocycles. The van der Waals surface area contributed by atoms with E-state index in [1.165, 1.54) is 0 Å². The summed E-state index contributed by atoms with van der Waals surface area (Å²) in [5.41, 5.74) is 0. The van der Waals surface area contributed by atoms with E-state index < -0.39 is 49.7 Å². The molecule has 0 saturated carbocycles. The summed E-state index contributed by atoms with van der Waals surface area (Å²) in [6.45, 7) is -0.549. The smallest absolute Gasteiger partial charge is 0.377 e. The SMILES string of the molecule is OCC(CCC(F)(F)C(F)(F)C(F)(F)C(F)F)OCC1CO1. The van der Waals surface area contributed by atoms with Crippen LogP contribution < -0.4 is 0 Å². The van der Waals surface area contributed by atoms with Gasteiger partial charge in [0, 0.05) is 6.42 Å².